The number of nitrogens with one attached hydrogen (secondary N) is 1. The van der Waals surface area contributed by atoms with Gasteiger partial charge in [0.05, 0.1) is 6.20 Å². The fourth-order valence-corrected chi connectivity index (χ4v) is 5.15. The number of piperidine rings is 1. The van der Waals surface area contributed by atoms with Crippen molar-refractivity contribution in [3.63, 3.8) is 0 Å². The molecule has 1 N–H and O–H groups in total. The van der Waals surface area contributed by atoms with Gasteiger partial charge in [0.1, 0.15) is 24.0 Å². The maximum atomic E-state index is 14.0. The van der Waals surface area contributed by atoms with Gasteiger partial charge in [-0.25, -0.2) is 8.78 Å². The van der Waals surface area contributed by atoms with E-state index in [1.165, 1.54) is 23.3 Å². The first-order valence-electron chi connectivity index (χ1n) is 12.0. The Morgan fingerprint density at radius 3 is 2.54 bits per heavy atom. The molecule has 0 radical (unpaired) electrons. The number of nitrogens with zero attached hydrogens (tertiary/aromatic N) is 1. The quantitative estimate of drug-likeness (QED) is 0.337. The molecule has 35 heavy (non-hydrogen) atoms. The van der Waals surface area contributed by atoms with Gasteiger partial charge in [0, 0.05) is 24.7 Å². The van der Waals surface area contributed by atoms with Crippen LogP contribution in [0.1, 0.15) is 40.5 Å². The Bertz CT molecular complexity index is 1290. The molecule has 1 aromatic heterocycles. The van der Waals surface area contributed by atoms with Crippen LogP contribution >= 0.6 is 0 Å². The van der Waals surface area contributed by atoms with E-state index in [2.05, 4.69) is 47.6 Å². The second-order valence-electron chi connectivity index (χ2n) is 9.11. The summed E-state index contributed by atoms with van der Waals surface area (Å²) in [6.07, 6.45) is 4.27. The maximum absolute atomic E-state index is 14.0. The first kappa shape index (κ1) is 23.2. The molecule has 2 atom stereocenters. The van der Waals surface area contributed by atoms with Crippen LogP contribution in [-0.2, 0) is 6.61 Å². The van der Waals surface area contributed by atoms with Gasteiger partial charge in [-0.2, -0.15) is 0 Å². The van der Waals surface area contributed by atoms with Crippen molar-refractivity contribution in [1.82, 2.24) is 10.3 Å². The van der Waals surface area contributed by atoms with Gasteiger partial charge in [-0.15, -0.1) is 0 Å². The highest BCUT2D eigenvalue weighted by atomic mass is 19.1. The average Bonchev–Trinajstić information content (AvgIpc) is 2.88. The molecule has 1 aliphatic rings. The third-order valence-electron chi connectivity index (χ3n) is 6.82. The molecule has 0 aliphatic carbocycles. The predicted molar refractivity (Wildman–Crippen MR) is 135 cm³/mol. The molecule has 0 spiro atoms. The van der Waals surface area contributed by atoms with Gasteiger partial charge >= 0.3 is 0 Å². The molecule has 2 heterocycles. The zero-order valence-electron chi connectivity index (χ0n) is 19.7. The predicted octanol–water partition coefficient (Wildman–Crippen LogP) is 6.77. The average molecular weight is 471 g/mol. The molecular weight excluding hydrogens is 442 g/mol. The lowest BCUT2D eigenvalue weighted by Crippen LogP contribution is -2.34. The minimum Gasteiger partial charge on any atom is -0.487 e. The van der Waals surface area contributed by atoms with Crippen molar-refractivity contribution in [3.05, 3.63) is 119 Å². The van der Waals surface area contributed by atoms with Crippen LogP contribution in [0.5, 0.6) is 5.75 Å². The van der Waals surface area contributed by atoms with Crippen molar-refractivity contribution in [1.29, 1.82) is 0 Å². The first-order valence-corrected chi connectivity index (χ1v) is 12.0. The Morgan fingerprint density at radius 1 is 0.943 bits per heavy atom. The SMILES string of the molecule is Cc1cc(-c2ccccc2COc2cccnc2)ccc1[C@@H]1CNCC[C@H]1c1cc(F)cc(F)c1. The summed E-state index contributed by atoms with van der Waals surface area (Å²) in [5.41, 5.74) is 6.44. The lowest BCUT2D eigenvalue weighted by Gasteiger charge is -2.34. The molecule has 178 valence electrons. The Balaban J connectivity index is 1.43. The third-order valence-corrected chi connectivity index (χ3v) is 6.82. The molecular formula is C30H28F2N2O. The van der Waals surface area contributed by atoms with Crippen LogP contribution < -0.4 is 10.1 Å². The minimum absolute atomic E-state index is 0.0613. The molecule has 5 rings (SSSR count). The lowest BCUT2D eigenvalue weighted by molar-refractivity contribution is 0.305. The lowest BCUT2D eigenvalue weighted by atomic mass is 9.76. The molecule has 5 heteroatoms. The number of ether oxygens (including phenoxy) is 1. The van der Waals surface area contributed by atoms with Crippen LogP contribution in [0.25, 0.3) is 11.1 Å². The van der Waals surface area contributed by atoms with E-state index in [-0.39, 0.29) is 11.8 Å². The van der Waals surface area contributed by atoms with E-state index in [1.807, 2.05) is 24.3 Å². The smallest absolute Gasteiger partial charge is 0.138 e. The molecule has 0 amide bonds. The number of benzene rings is 3. The van der Waals surface area contributed by atoms with Crippen LogP contribution in [0.15, 0.2) is 85.2 Å². The van der Waals surface area contributed by atoms with E-state index >= 15 is 0 Å². The monoisotopic (exact) mass is 470 g/mol. The Hall–Kier alpha value is -3.57. The number of hydrogen-bond donors (Lipinski definition) is 1. The number of rotatable bonds is 6. The number of hydrogen-bond acceptors (Lipinski definition) is 3. The topological polar surface area (TPSA) is 34.1 Å². The standard InChI is InChI=1S/C30H28F2N2O/c1-20-13-21(28-7-3-2-5-22(28)19-35-26-6-4-11-33-17-26)8-9-27(20)30-18-34-12-10-29(30)23-14-24(31)16-25(32)15-23/h2-9,11,13-17,29-30,34H,10,12,18-19H2,1H3/t29-,30-/m0/s1. The summed E-state index contributed by atoms with van der Waals surface area (Å²) in [5.74, 6) is -0.100. The van der Waals surface area contributed by atoms with Crippen molar-refractivity contribution >= 4 is 0 Å². The van der Waals surface area contributed by atoms with E-state index in [0.717, 1.165) is 53.6 Å². The molecule has 0 bridgehead atoms. The normalized spacial score (nSPS) is 17.8. The third kappa shape index (κ3) is 5.25. The largest absolute Gasteiger partial charge is 0.487 e. The second kappa shape index (κ2) is 10.4. The molecule has 3 nitrogen and oxygen atoms in total. The van der Waals surface area contributed by atoms with E-state index < -0.39 is 11.6 Å². The highest BCUT2D eigenvalue weighted by Crippen LogP contribution is 2.40. The fraction of sp³-hybridized carbons (Fsp3) is 0.233. The van der Waals surface area contributed by atoms with Crippen molar-refractivity contribution in [2.24, 2.45) is 0 Å². The van der Waals surface area contributed by atoms with Crippen molar-refractivity contribution < 1.29 is 13.5 Å². The fourth-order valence-electron chi connectivity index (χ4n) is 5.15. The summed E-state index contributed by atoms with van der Waals surface area (Å²) in [7, 11) is 0. The molecule has 0 saturated carbocycles. The van der Waals surface area contributed by atoms with Gasteiger partial charge in [-0.1, -0.05) is 42.5 Å². The number of aromatic nitrogens is 1. The summed E-state index contributed by atoms with van der Waals surface area (Å²) in [5, 5.41) is 3.47. The van der Waals surface area contributed by atoms with E-state index in [9.17, 15) is 8.78 Å². The van der Waals surface area contributed by atoms with Crippen LogP contribution in [0.4, 0.5) is 8.78 Å². The van der Waals surface area contributed by atoms with Gasteiger partial charge in [-0.3, -0.25) is 4.98 Å². The van der Waals surface area contributed by atoms with Crippen molar-refractivity contribution in [2.75, 3.05) is 13.1 Å². The summed E-state index contributed by atoms with van der Waals surface area (Å²) < 4.78 is 33.9. The van der Waals surface area contributed by atoms with E-state index in [1.54, 1.807) is 12.4 Å². The summed E-state index contributed by atoms with van der Waals surface area (Å²) >= 11 is 0. The first-order chi connectivity index (χ1) is 17.1. The van der Waals surface area contributed by atoms with Crippen LogP contribution in [-0.4, -0.2) is 18.1 Å². The molecule has 0 unspecified atom stereocenters. The highest BCUT2D eigenvalue weighted by Gasteiger charge is 2.29. The van der Waals surface area contributed by atoms with Gasteiger partial charge in [0.15, 0.2) is 0 Å². The number of pyridine rings is 1. The minimum atomic E-state index is -0.519. The van der Waals surface area contributed by atoms with Crippen LogP contribution in [0, 0.1) is 18.6 Å². The summed E-state index contributed by atoms with van der Waals surface area (Å²) in [6, 6.07) is 22.4. The molecule has 1 saturated heterocycles. The molecule has 1 aliphatic heterocycles. The summed E-state index contributed by atoms with van der Waals surface area (Å²) in [6.45, 7) is 4.17. The van der Waals surface area contributed by atoms with Crippen molar-refractivity contribution in [3.8, 4) is 16.9 Å². The molecule has 1 fully saturated rings. The Labute approximate surface area is 204 Å². The Kier molecular flexibility index (Phi) is 6.87. The summed E-state index contributed by atoms with van der Waals surface area (Å²) in [4.78, 5) is 4.11. The molecule has 4 aromatic rings. The van der Waals surface area contributed by atoms with E-state index in [0.29, 0.717) is 6.61 Å². The maximum Gasteiger partial charge on any atom is 0.138 e. The van der Waals surface area contributed by atoms with Gasteiger partial charge in [0.2, 0.25) is 0 Å². The zero-order valence-corrected chi connectivity index (χ0v) is 19.7. The van der Waals surface area contributed by atoms with Crippen molar-refractivity contribution in [2.45, 2.75) is 31.8 Å². The zero-order chi connectivity index (χ0) is 24.2. The number of halogens is 2. The van der Waals surface area contributed by atoms with Gasteiger partial charge in [0.25, 0.3) is 0 Å². The number of aryl methyl sites for hydroxylation is 1. The molecule has 3 aromatic carbocycles. The second-order valence-corrected chi connectivity index (χ2v) is 9.11. The van der Waals surface area contributed by atoms with Gasteiger partial charge < -0.3 is 10.1 Å². The van der Waals surface area contributed by atoms with Gasteiger partial charge in [-0.05, 0) is 83.5 Å². The van der Waals surface area contributed by atoms with Crippen LogP contribution in [0.3, 0.4) is 0 Å². The van der Waals surface area contributed by atoms with E-state index in [4.69, 9.17) is 4.74 Å². The highest BCUT2D eigenvalue weighted by molar-refractivity contribution is 5.68. The Morgan fingerprint density at radius 2 is 1.77 bits per heavy atom. The van der Waals surface area contributed by atoms with Crippen LogP contribution in [0.2, 0.25) is 0 Å².